The first kappa shape index (κ1) is 15.2. The van der Waals surface area contributed by atoms with Crippen molar-refractivity contribution in [2.75, 3.05) is 15.8 Å². The van der Waals surface area contributed by atoms with E-state index < -0.39 is 10.0 Å². The summed E-state index contributed by atoms with van der Waals surface area (Å²) in [6.45, 7) is 1.77. The van der Waals surface area contributed by atoms with Crippen LogP contribution in [0.1, 0.15) is 13.3 Å². The second-order valence-electron chi connectivity index (χ2n) is 4.36. The number of nitrogens with zero attached hydrogens (tertiary/aromatic N) is 2. The Bertz CT molecular complexity index is 704. The first-order chi connectivity index (χ1) is 9.98. The van der Waals surface area contributed by atoms with Gasteiger partial charge in [-0.1, -0.05) is 13.0 Å². The summed E-state index contributed by atoms with van der Waals surface area (Å²) in [6, 6.07) is 8.95. The highest BCUT2D eigenvalue weighted by Crippen LogP contribution is 2.16. The SMILES string of the molecule is CCCS(=O)(=O)Nc1ccc(Nc2cccc(F)c2)nn1. The molecule has 0 fully saturated rings. The van der Waals surface area contributed by atoms with E-state index in [-0.39, 0.29) is 17.4 Å². The molecule has 0 aliphatic carbocycles. The van der Waals surface area contributed by atoms with Crippen LogP contribution in [0.15, 0.2) is 36.4 Å². The van der Waals surface area contributed by atoms with Crippen molar-refractivity contribution in [3.8, 4) is 0 Å². The molecule has 0 bridgehead atoms. The zero-order valence-corrected chi connectivity index (χ0v) is 12.2. The van der Waals surface area contributed by atoms with Crippen molar-refractivity contribution < 1.29 is 12.8 Å². The normalized spacial score (nSPS) is 11.1. The first-order valence-electron chi connectivity index (χ1n) is 6.35. The lowest BCUT2D eigenvalue weighted by molar-refractivity contribution is 0.599. The Hall–Kier alpha value is -2.22. The number of anilines is 3. The number of hydrogen-bond donors (Lipinski definition) is 2. The molecule has 0 aliphatic rings. The van der Waals surface area contributed by atoms with Crippen molar-refractivity contribution in [3.63, 3.8) is 0 Å². The van der Waals surface area contributed by atoms with Crippen LogP contribution in [0.2, 0.25) is 0 Å². The molecule has 2 N–H and O–H groups in total. The fourth-order valence-electron chi connectivity index (χ4n) is 1.65. The molecule has 21 heavy (non-hydrogen) atoms. The van der Waals surface area contributed by atoms with Crippen LogP contribution >= 0.6 is 0 Å². The van der Waals surface area contributed by atoms with Crippen LogP contribution < -0.4 is 10.0 Å². The van der Waals surface area contributed by atoms with Crippen molar-refractivity contribution in [3.05, 3.63) is 42.2 Å². The average molecular weight is 310 g/mol. The van der Waals surface area contributed by atoms with E-state index >= 15 is 0 Å². The van der Waals surface area contributed by atoms with E-state index in [2.05, 4.69) is 20.2 Å². The van der Waals surface area contributed by atoms with E-state index in [1.165, 1.54) is 18.2 Å². The van der Waals surface area contributed by atoms with Crippen LogP contribution in [-0.4, -0.2) is 24.4 Å². The zero-order chi connectivity index (χ0) is 15.3. The quantitative estimate of drug-likeness (QED) is 0.856. The molecule has 0 saturated carbocycles. The third-order valence-corrected chi connectivity index (χ3v) is 3.96. The smallest absolute Gasteiger partial charge is 0.233 e. The summed E-state index contributed by atoms with van der Waals surface area (Å²) >= 11 is 0. The van der Waals surface area contributed by atoms with Gasteiger partial charge in [0.2, 0.25) is 10.0 Å². The predicted molar refractivity (Wildman–Crippen MR) is 79.4 cm³/mol. The van der Waals surface area contributed by atoms with E-state index in [4.69, 9.17) is 0 Å². The van der Waals surface area contributed by atoms with Crippen molar-refractivity contribution in [2.45, 2.75) is 13.3 Å². The molecule has 112 valence electrons. The molecule has 1 aromatic heterocycles. The molecule has 6 nitrogen and oxygen atoms in total. The maximum atomic E-state index is 13.0. The lowest BCUT2D eigenvalue weighted by atomic mass is 10.3. The van der Waals surface area contributed by atoms with Crippen LogP contribution in [0.3, 0.4) is 0 Å². The van der Waals surface area contributed by atoms with Gasteiger partial charge in [-0.2, -0.15) is 0 Å². The molecule has 0 spiro atoms. The Morgan fingerprint density at radius 1 is 1.14 bits per heavy atom. The number of halogens is 1. The molecule has 2 rings (SSSR count). The summed E-state index contributed by atoms with van der Waals surface area (Å²) in [5.74, 6) is 0.196. The van der Waals surface area contributed by atoms with Gasteiger partial charge in [-0.15, -0.1) is 10.2 Å². The fourth-order valence-corrected chi connectivity index (χ4v) is 2.71. The number of aromatic nitrogens is 2. The van der Waals surface area contributed by atoms with Crippen LogP contribution in [0.25, 0.3) is 0 Å². The second-order valence-corrected chi connectivity index (χ2v) is 6.20. The molecule has 0 aliphatic heterocycles. The summed E-state index contributed by atoms with van der Waals surface area (Å²) in [5, 5.41) is 10.5. The lowest BCUT2D eigenvalue weighted by Gasteiger charge is -2.07. The number of benzene rings is 1. The maximum absolute atomic E-state index is 13.0. The van der Waals surface area contributed by atoms with Crippen LogP contribution in [-0.2, 0) is 10.0 Å². The molecule has 0 radical (unpaired) electrons. The van der Waals surface area contributed by atoms with Crippen molar-refractivity contribution in [2.24, 2.45) is 0 Å². The van der Waals surface area contributed by atoms with Gasteiger partial charge >= 0.3 is 0 Å². The predicted octanol–water partition coefficient (Wildman–Crippen LogP) is 2.51. The second kappa shape index (κ2) is 6.49. The minimum atomic E-state index is -3.38. The van der Waals surface area contributed by atoms with Crippen LogP contribution in [0, 0.1) is 5.82 Å². The Labute approximate surface area is 122 Å². The molecule has 2 aromatic rings. The van der Waals surface area contributed by atoms with Crippen LogP contribution in [0.4, 0.5) is 21.7 Å². The minimum Gasteiger partial charge on any atom is -0.339 e. The van der Waals surface area contributed by atoms with Gasteiger partial charge in [0.25, 0.3) is 0 Å². The van der Waals surface area contributed by atoms with Crippen molar-refractivity contribution in [1.82, 2.24) is 10.2 Å². The van der Waals surface area contributed by atoms with Crippen molar-refractivity contribution in [1.29, 1.82) is 0 Å². The molecule has 8 heteroatoms. The van der Waals surface area contributed by atoms with Gasteiger partial charge in [-0.05, 0) is 36.8 Å². The highest BCUT2D eigenvalue weighted by Gasteiger charge is 2.09. The molecule has 0 amide bonds. The van der Waals surface area contributed by atoms with Gasteiger partial charge in [0.1, 0.15) is 5.82 Å². The number of sulfonamides is 1. The summed E-state index contributed by atoms with van der Waals surface area (Å²) in [6.07, 6.45) is 0.516. The molecular formula is C13H15FN4O2S. The third-order valence-electron chi connectivity index (χ3n) is 2.49. The summed E-state index contributed by atoms with van der Waals surface area (Å²) in [4.78, 5) is 0. The van der Waals surface area contributed by atoms with E-state index in [9.17, 15) is 12.8 Å². The van der Waals surface area contributed by atoms with E-state index in [1.54, 1.807) is 25.1 Å². The fraction of sp³-hybridized carbons (Fsp3) is 0.231. The summed E-state index contributed by atoms with van der Waals surface area (Å²) < 4.78 is 38.5. The number of rotatable bonds is 6. The van der Waals surface area contributed by atoms with Crippen molar-refractivity contribution >= 4 is 27.3 Å². The largest absolute Gasteiger partial charge is 0.339 e. The Morgan fingerprint density at radius 3 is 2.48 bits per heavy atom. The summed E-state index contributed by atoms with van der Waals surface area (Å²) in [5.41, 5.74) is 0.531. The topological polar surface area (TPSA) is 84.0 Å². The molecule has 1 aromatic carbocycles. The average Bonchev–Trinajstić information content (AvgIpc) is 2.40. The van der Waals surface area contributed by atoms with E-state index in [0.29, 0.717) is 17.9 Å². The third kappa shape index (κ3) is 4.67. The van der Waals surface area contributed by atoms with Crippen LogP contribution in [0.5, 0.6) is 0 Å². The Morgan fingerprint density at radius 2 is 1.86 bits per heavy atom. The lowest BCUT2D eigenvalue weighted by Crippen LogP contribution is -2.17. The minimum absolute atomic E-state index is 0.0258. The van der Waals surface area contributed by atoms with Gasteiger partial charge in [0, 0.05) is 5.69 Å². The molecular weight excluding hydrogens is 295 g/mol. The van der Waals surface area contributed by atoms with E-state index in [0.717, 1.165) is 0 Å². The molecule has 0 saturated heterocycles. The van der Waals surface area contributed by atoms with Gasteiger partial charge in [0.05, 0.1) is 5.75 Å². The highest BCUT2D eigenvalue weighted by molar-refractivity contribution is 7.92. The number of nitrogens with one attached hydrogen (secondary N) is 2. The molecule has 0 atom stereocenters. The Balaban J connectivity index is 2.05. The van der Waals surface area contributed by atoms with Gasteiger partial charge in [0.15, 0.2) is 11.6 Å². The van der Waals surface area contributed by atoms with Gasteiger partial charge in [-0.25, -0.2) is 12.8 Å². The monoisotopic (exact) mass is 310 g/mol. The Kier molecular flexibility index (Phi) is 4.69. The highest BCUT2D eigenvalue weighted by atomic mass is 32.2. The number of hydrogen-bond acceptors (Lipinski definition) is 5. The maximum Gasteiger partial charge on any atom is 0.233 e. The zero-order valence-electron chi connectivity index (χ0n) is 11.4. The molecule has 0 unspecified atom stereocenters. The van der Waals surface area contributed by atoms with Gasteiger partial charge in [-0.3, -0.25) is 4.72 Å². The first-order valence-corrected chi connectivity index (χ1v) is 8.00. The van der Waals surface area contributed by atoms with E-state index in [1.807, 2.05) is 0 Å². The van der Waals surface area contributed by atoms with Gasteiger partial charge < -0.3 is 5.32 Å². The summed E-state index contributed by atoms with van der Waals surface area (Å²) in [7, 11) is -3.38. The molecule has 1 heterocycles. The standard InChI is InChI=1S/C13H15FN4O2S/c1-2-8-21(19,20)18-13-7-6-12(16-17-13)15-11-5-3-4-10(14)9-11/h3-7,9H,2,8H2,1H3,(H,15,16)(H,17,18).